The summed E-state index contributed by atoms with van der Waals surface area (Å²) in [5, 5.41) is 0. The lowest BCUT2D eigenvalue weighted by atomic mass is 10.1. The number of nitrogens with zero attached hydrogens (tertiary/aromatic N) is 2. The third-order valence-electron chi connectivity index (χ3n) is 4.95. The number of amides is 2. The van der Waals surface area contributed by atoms with E-state index in [1.54, 1.807) is 11.0 Å². The maximum Gasteiger partial charge on any atom is 0.228 e. The molecular weight excluding hydrogens is 336 g/mol. The van der Waals surface area contributed by atoms with Gasteiger partial charge in [-0.25, -0.2) is 0 Å². The maximum absolute atomic E-state index is 13.0. The van der Waals surface area contributed by atoms with Crippen LogP contribution in [0.2, 0.25) is 0 Å². The first-order valence-corrected chi connectivity index (χ1v) is 9.42. The maximum atomic E-state index is 13.0. The fourth-order valence-electron chi connectivity index (χ4n) is 3.51. The largest absolute Gasteiger partial charge is 0.342 e. The molecule has 4 heteroatoms. The summed E-state index contributed by atoms with van der Waals surface area (Å²) >= 11 is 0. The first-order valence-electron chi connectivity index (χ1n) is 9.42. The topological polar surface area (TPSA) is 40.6 Å². The van der Waals surface area contributed by atoms with Crippen molar-refractivity contribution >= 4 is 11.8 Å². The standard InChI is InChI=1S/C23H26N2O2/c1-2-14-25(17-20-11-7-4-8-12-20)23(27)21-16-22(26)24(18-21)15-13-19-9-5-3-6-10-19/h2-12,21H,1,13-18H2. The van der Waals surface area contributed by atoms with Gasteiger partial charge in [-0.3, -0.25) is 9.59 Å². The molecule has 2 amide bonds. The van der Waals surface area contributed by atoms with Crippen LogP contribution in [0.3, 0.4) is 0 Å². The van der Waals surface area contributed by atoms with Gasteiger partial charge in [-0.15, -0.1) is 6.58 Å². The van der Waals surface area contributed by atoms with E-state index in [1.807, 2.05) is 53.4 Å². The monoisotopic (exact) mass is 362 g/mol. The minimum Gasteiger partial charge on any atom is -0.342 e. The summed E-state index contributed by atoms with van der Waals surface area (Å²) in [6.45, 7) is 5.97. The van der Waals surface area contributed by atoms with Gasteiger partial charge in [-0.2, -0.15) is 0 Å². The predicted molar refractivity (Wildman–Crippen MR) is 107 cm³/mol. The Labute approximate surface area is 161 Å². The highest BCUT2D eigenvalue weighted by Gasteiger charge is 2.36. The second-order valence-electron chi connectivity index (χ2n) is 6.97. The van der Waals surface area contributed by atoms with Crippen molar-refractivity contribution in [3.05, 3.63) is 84.4 Å². The van der Waals surface area contributed by atoms with Crippen LogP contribution < -0.4 is 0 Å². The normalized spacial score (nSPS) is 16.4. The fraction of sp³-hybridized carbons (Fsp3) is 0.304. The van der Waals surface area contributed by atoms with Crippen molar-refractivity contribution in [3.63, 3.8) is 0 Å². The van der Waals surface area contributed by atoms with Crippen molar-refractivity contribution in [3.8, 4) is 0 Å². The average Bonchev–Trinajstić information content (AvgIpc) is 3.08. The smallest absolute Gasteiger partial charge is 0.228 e. The summed E-state index contributed by atoms with van der Waals surface area (Å²) < 4.78 is 0. The number of rotatable bonds is 8. The highest BCUT2D eigenvalue weighted by Crippen LogP contribution is 2.21. The average molecular weight is 362 g/mol. The van der Waals surface area contributed by atoms with Crippen molar-refractivity contribution in [2.45, 2.75) is 19.4 Å². The zero-order chi connectivity index (χ0) is 19.1. The number of carbonyl (C=O) groups is 2. The summed E-state index contributed by atoms with van der Waals surface area (Å²) in [6, 6.07) is 20.0. The lowest BCUT2D eigenvalue weighted by molar-refractivity contribution is -0.135. The highest BCUT2D eigenvalue weighted by molar-refractivity contribution is 5.89. The predicted octanol–water partition coefficient (Wildman–Crippen LogP) is 3.29. The van der Waals surface area contributed by atoms with Crippen LogP contribution in [0.25, 0.3) is 0 Å². The zero-order valence-electron chi connectivity index (χ0n) is 15.6. The summed E-state index contributed by atoms with van der Waals surface area (Å²) in [5.74, 6) is -0.159. The van der Waals surface area contributed by atoms with E-state index in [1.165, 1.54) is 5.56 Å². The van der Waals surface area contributed by atoms with Gasteiger partial charge in [0.2, 0.25) is 11.8 Å². The van der Waals surface area contributed by atoms with E-state index in [9.17, 15) is 9.59 Å². The molecule has 4 nitrogen and oxygen atoms in total. The molecule has 0 N–H and O–H groups in total. The lowest BCUT2D eigenvalue weighted by Gasteiger charge is -2.24. The summed E-state index contributed by atoms with van der Waals surface area (Å²) in [4.78, 5) is 29.0. The van der Waals surface area contributed by atoms with E-state index in [0.717, 1.165) is 12.0 Å². The third kappa shape index (κ3) is 5.07. The first kappa shape index (κ1) is 18.9. The van der Waals surface area contributed by atoms with E-state index in [0.29, 0.717) is 32.6 Å². The minimum atomic E-state index is -0.267. The fourth-order valence-corrected chi connectivity index (χ4v) is 3.51. The SMILES string of the molecule is C=CCN(Cc1ccccc1)C(=O)C1CC(=O)N(CCc2ccccc2)C1. The van der Waals surface area contributed by atoms with E-state index >= 15 is 0 Å². The Bertz CT molecular complexity index is 773. The van der Waals surface area contributed by atoms with Crippen LogP contribution in [-0.4, -0.2) is 41.2 Å². The molecule has 27 heavy (non-hydrogen) atoms. The summed E-state index contributed by atoms with van der Waals surface area (Å²) in [7, 11) is 0. The molecule has 1 aliphatic rings. The van der Waals surface area contributed by atoms with Gasteiger partial charge in [0.25, 0.3) is 0 Å². The molecule has 3 rings (SSSR count). The molecule has 0 spiro atoms. The van der Waals surface area contributed by atoms with Gasteiger partial charge in [-0.05, 0) is 17.5 Å². The molecule has 2 aromatic carbocycles. The molecule has 1 unspecified atom stereocenters. The second-order valence-corrected chi connectivity index (χ2v) is 6.97. The molecule has 0 saturated carbocycles. The molecule has 1 heterocycles. The lowest BCUT2D eigenvalue weighted by Crippen LogP contribution is -2.37. The third-order valence-corrected chi connectivity index (χ3v) is 4.95. The Hall–Kier alpha value is -2.88. The quantitative estimate of drug-likeness (QED) is 0.676. The molecule has 1 saturated heterocycles. The van der Waals surface area contributed by atoms with Gasteiger partial charge in [0.15, 0.2) is 0 Å². The van der Waals surface area contributed by atoms with Gasteiger partial charge in [0.1, 0.15) is 0 Å². The van der Waals surface area contributed by atoms with Gasteiger partial charge >= 0.3 is 0 Å². The van der Waals surface area contributed by atoms with Crippen LogP contribution in [0.1, 0.15) is 17.5 Å². The summed E-state index contributed by atoms with van der Waals surface area (Å²) in [6.07, 6.45) is 2.86. The minimum absolute atomic E-state index is 0.0364. The highest BCUT2D eigenvalue weighted by atomic mass is 16.2. The van der Waals surface area contributed by atoms with E-state index in [-0.39, 0.29) is 17.7 Å². The van der Waals surface area contributed by atoms with Gasteiger partial charge in [0.05, 0.1) is 5.92 Å². The molecular formula is C23H26N2O2. The van der Waals surface area contributed by atoms with Crippen molar-refractivity contribution in [1.29, 1.82) is 0 Å². The molecule has 1 aliphatic heterocycles. The number of likely N-dealkylation sites (tertiary alicyclic amines) is 1. The van der Waals surface area contributed by atoms with Crippen LogP contribution in [0.5, 0.6) is 0 Å². The van der Waals surface area contributed by atoms with E-state index < -0.39 is 0 Å². The Morgan fingerprint density at radius 1 is 1.07 bits per heavy atom. The molecule has 0 aliphatic carbocycles. The van der Waals surface area contributed by atoms with Gasteiger partial charge in [-0.1, -0.05) is 66.7 Å². The number of hydrogen-bond donors (Lipinski definition) is 0. The van der Waals surface area contributed by atoms with E-state index in [2.05, 4.69) is 18.7 Å². The first-order chi connectivity index (χ1) is 13.2. The molecule has 1 fully saturated rings. The zero-order valence-corrected chi connectivity index (χ0v) is 15.6. The van der Waals surface area contributed by atoms with Crippen LogP contribution in [0, 0.1) is 5.92 Å². The van der Waals surface area contributed by atoms with Crippen LogP contribution in [0.4, 0.5) is 0 Å². The van der Waals surface area contributed by atoms with Crippen molar-refractivity contribution < 1.29 is 9.59 Å². The number of hydrogen-bond acceptors (Lipinski definition) is 2. The van der Waals surface area contributed by atoms with Crippen LogP contribution in [-0.2, 0) is 22.6 Å². The van der Waals surface area contributed by atoms with Crippen LogP contribution >= 0.6 is 0 Å². The molecule has 0 aromatic heterocycles. The second kappa shape index (κ2) is 9.17. The molecule has 140 valence electrons. The van der Waals surface area contributed by atoms with Gasteiger partial charge < -0.3 is 9.80 Å². The Morgan fingerprint density at radius 3 is 2.33 bits per heavy atom. The Morgan fingerprint density at radius 2 is 1.70 bits per heavy atom. The molecule has 0 radical (unpaired) electrons. The Balaban J connectivity index is 1.60. The van der Waals surface area contributed by atoms with Crippen molar-refractivity contribution in [2.75, 3.05) is 19.6 Å². The van der Waals surface area contributed by atoms with Gasteiger partial charge in [0, 0.05) is 32.6 Å². The van der Waals surface area contributed by atoms with E-state index in [4.69, 9.17) is 0 Å². The van der Waals surface area contributed by atoms with Crippen LogP contribution in [0.15, 0.2) is 73.3 Å². The van der Waals surface area contributed by atoms with Crippen molar-refractivity contribution in [1.82, 2.24) is 9.80 Å². The molecule has 0 bridgehead atoms. The number of carbonyl (C=O) groups excluding carboxylic acids is 2. The number of benzene rings is 2. The molecule has 2 aromatic rings. The molecule has 1 atom stereocenters. The summed E-state index contributed by atoms with van der Waals surface area (Å²) in [5.41, 5.74) is 2.29. The van der Waals surface area contributed by atoms with Crippen molar-refractivity contribution in [2.24, 2.45) is 5.92 Å². The Kier molecular flexibility index (Phi) is 6.42.